The minimum atomic E-state index is -3.45. The van der Waals surface area contributed by atoms with Crippen LogP contribution in [0.25, 0.3) is 0 Å². The largest absolute Gasteiger partial charge is 0.335 e. The van der Waals surface area contributed by atoms with Gasteiger partial charge in [0.05, 0.1) is 4.90 Å². The Morgan fingerprint density at radius 1 is 1.00 bits per heavy atom. The first-order valence-electron chi connectivity index (χ1n) is 10.1. The summed E-state index contributed by atoms with van der Waals surface area (Å²) < 4.78 is 27.1. The standard InChI is InChI=1S/C20H29N3O3S/c1-14-2-8-18(9-3-14)27(25,26)23-12-10-17(11-13-23)21-20(24)22-19(15-4-5-15)16-6-7-16/h2-3,8-9,15-17,19H,4-7,10-13H2,1H3,(H2,21,22,24). The Labute approximate surface area is 161 Å². The van der Waals surface area contributed by atoms with Gasteiger partial charge in [0.15, 0.2) is 0 Å². The Bertz CT molecular complexity index is 765. The number of amides is 2. The molecule has 0 radical (unpaired) electrons. The van der Waals surface area contributed by atoms with Crippen LogP contribution in [-0.2, 0) is 10.0 Å². The number of urea groups is 1. The molecule has 1 saturated heterocycles. The zero-order valence-electron chi connectivity index (χ0n) is 15.9. The number of hydrogen-bond acceptors (Lipinski definition) is 3. The van der Waals surface area contributed by atoms with E-state index in [0.29, 0.717) is 48.7 Å². The Balaban J connectivity index is 1.28. The first-order valence-corrected chi connectivity index (χ1v) is 11.5. The number of piperidine rings is 1. The van der Waals surface area contributed by atoms with Gasteiger partial charge in [0.2, 0.25) is 10.0 Å². The SMILES string of the molecule is Cc1ccc(S(=O)(=O)N2CCC(NC(=O)NC(C3CC3)C3CC3)CC2)cc1. The minimum absolute atomic E-state index is 0.0357. The molecule has 27 heavy (non-hydrogen) atoms. The van der Waals surface area contributed by atoms with Crippen LogP contribution in [0.3, 0.4) is 0 Å². The molecule has 1 aliphatic heterocycles. The normalized spacial score (nSPS) is 22.0. The number of nitrogens with one attached hydrogen (secondary N) is 2. The highest BCUT2D eigenvalue weighted by Crippen LogP contribution is 2.44. The van der Waals surface area contributed by atoms with Crippen molar-refractivity contribution < 1.29 is 13.2 Å². The molecule has 6 nitrogen and oxygen atoms in total. The van der Waals surface area contributed by atoms with E-state index in [1.165, 1.54) is 30.0 Å². The fourth-order valence-corrected chi connectivity index (χ4v) is 5.48. The minimum Gasteiger partial charge on any atom is -0.335 e. The number of benzene rings is 1. The third kappa shape index (κ3) is 4.46. The number of sulfonamides is 1. The molecule has 0 spiro atoms. The zero-order chi connectivity index (χ0) is 19.0. The maximum absolute atomic E-state index is 12.8. The van der Waals surface area contributed by atoms with Gasteiger partial charge in [-0.2, -0.15) is 4.31 Å². The maximum atomic E-state index is 12.8. The summed E-state index contributed by atoms with van der Waals surface area (Å²) in [6, 6.07) is 7.26. The lowest BCUT2D eigenvalue weighted by Crippen LogP contribution is -2.51. The van der Waals surface area contributed by atoms with Gasteiger partial charge in [-0.3, -0.25) is 0 Å². The van der Waals surface area contributed by atoms with Gasteiger partial charge in [-0.25, -0.2) is 13.2 Å². The number of nitrogens with zero attached hydrogens (tertiary/aromatic N) is 1. The quantitative estimate of drug-likeness (QED) is 0.782. The number of hydrogen-bond donors (Lipinski definition) is 2. The average Bonchev–Trinajstić information content (AvgIpc) is 3.55. The van der Waals surface area contributed by atoms with Crippen molar-refractivity contribution in [3.8, 4) is 0 Å². The topological polar surface area (TPSA) is 78.5 Å². The fourth-order valence-electron chi connectivity index (χ4n) is 4.01. The molecule has 0 aromatic heterocycles. The summed E-state index contributed by atoms with van der Waals surface area (Å²) >= 11 is 0. The van der Waals surface area contributed by atoms with Gasteiger partial charge in [-0.15, -0.1) is 0 Å². The molecule has 3 fully saturated rings. The van der Waals surface area contributed by atoms with Gasteiger partial charge in [0, 0.05) is 25.2 Å². The van der Waals surface area contributed by atoms with Crippen LogP contribution in [0.2, 0.25) is 0 Å². The first-order chi connectivity index (χ1) is 12.9. The summed E-state index contributed by atoms with van der Waals surface area (Å²) in [5, 5.41) is 6.24. The second-order valence-electron chi connectivity index (χ2n) is 8.31. The molecule has 0 unspecified atom stereocenters. The monoisotopic (exact) mass is 391 g/mol. The third-order valence-electron chi connectivity index (χ3n) is 6.01. The van der Waals surface area contributed by atoms with Gasteiger partial charge in [-0.1, -0.05) is 17.7 Å². The summed E-state index contributed by atoms with van der Waals surface area (Å²) in [5.74, 6) is 1.34. The molecule has 148 valence electrons. The Hall–Kier alpha value is -1.60. The van der Waals surface area contributed by atoms with Crippen LogP contribution in [0.1, 0.15) is 44.1 Å². The van der Waals surface area contributed by atoms with E-state index in [9.17, 15) is 13.2 Å². The molecule has 3 aliphatic rings. The van der Waals surface area contributed by atoms with E-state index in [4.69, 9.17) is 0 Å². The van der Waals surface area contributed by atoms with Gasteiger partial charge < -0.3 is 10.6 Å². The van der Waals surface area contributed by atoms with Crippen LogP contribution < -0.4 is 10.6 Å². The van der Waals surface area contributed by atoms with Crippen molar-refractivity contribution in [2.75, 3.05) is 13.1 Å². The van der Waals surface area contributed by atoms with E-state index >= 15 is 0 Å². The van der Waals surface area contributed by atoms with Crippen molar-refractivity contribution in [2.24, 2.45) is 11.8 Å². The highest BCUT2D eigenvalue weighted by molar-refractivity contribution is 7.89. The van der Waals surface area contributed by atoms with E-state index in [1.54, 1.807) is 12.1 Å². The Morgan fingerprint density at radius 3 is 2.07 bits per heavy atom. The van der Waals surface area contributed by atoms with Crippen LogP contribution in [0.5, 0.6) is 0 Å². The summed E-state index contributed by atoms with van der Waals surface area (Å²) in [4.78, 5) is 12.7. The smallest absolute Gasteiger partial charge is 0.315 e. The fraction of sp³-hybridized carbons (Fsp3) is 0.650. The molecular weight excluding hydrogens is 362 g/mol. The number of rotatable bonds is 6. The second kappa shape index (κ2) is 7.43. The van der Waals surface area contributed by atoms with Crippen molar-refractivity contribution >= 4 is 16.1 Å². The summed E-state index contributed by atoms with van der Waals surface area (Å²) in [6.45, 7) is 2.82. The maximum Gasteiger partial charge on any atom is 0.315 e. The molecule has 1 heterocycles. The number of aryl methyl sites for hydroxylation is 1. The lowest BCUT2D eigenvalue weighted by molar-refractivity contribution is 0.220. The lowest BCUT2D eigenvalue weighted by Gasteiger charge is -2.32. The third-order valence-corrected chi connectivity index (χ3v) is 7.92. The zero-order valence-corrected chi connectivity index (χ0v) is 16.7. The molecule has 1 aromatic carbocycles. The highest BCUT2D eigenvalue weighted by Gasteiger charge is 2.42. The molecule has 2 saturated carbocycles. The van der Waals surface area contributed by atoms with Gasteiger partial charge >= 0.3 is 6.03 Å². The van der Waals surface area contributed by atoms with Gasteiger partial charge in [0.25, 0.3) is 0 Å². The first kappa shape index (κ1) is 18.7. The van der Waals surface area contributed by atoms with Crippen LogP contribution in [0.15, 0.2) is 29.2 Å². The number of carbonyl (C=O) groups excluding carboxylic acids is 1. The van der Waals surface area contributed by atoms with E-state index in [0.717, 1.165) is 5.56 Å². The van der Waals surface area contributed by atoms with E-state index in [-0.39, 0.29) is 12.1 Å². The van der Waals surface area contributed by atoms with E-state index in [1.807, 2.05) is 19.1 Å². The van der Waals surface area contributed by atoms with Crippen LogP contribution >= 0.6 is 0 Å². The molecule has 2 aliphatic carbocycles. The Morgan fingerprint density at radius 2 is 1.56 bits per heavy atom. The second-order valence-corrected chi connectivity index (χ2v) is 10.2. The van der Waals surface area contributed by atoms with Gasteiger partial charge in [0.1, 0.15) is 0 Å². The van der Waals surface area contributed by atoms with E-state index < -0.39 is 10.0 Å². The summed E-state index contributed by atoms with van der Waals surface area (Å²) in [6.07, 6.45) is 6.23. The molecule has 7 heteroatoms. The number of carbonyl (C=O) groups is 1. The van der Waals surface area contributed by atoms with Crippen LogP contribution in [0.4, 0.5) is 4.79 Å². The average molecular weight is 392 g/mol. The van der Waals surface area contributed by atoms with Gasteiger partial charge in [-0.05, 0) is 69.4 Å². The molecule has 2 N–H and O–H groups in total. The Kier molecular flexibility index (Phi) is 5.16. The molecule has 1 aromatic rings. The van der Waals surface area contributed by atoms with Crippen molar-refractivity contribution in [2.45, 2.75) is 62.4 Å². The summed E-state index contributed by atoms with van der Waals surface area (Å²) in [5.41, 5.74) is 1.04. The predicted octanol–water partition coefficient (Wildman–Crippen LogP) is 2.64. The lowest BCUT2D eigenvalue weighted by atomic mass is 10.1. The predicted molar refractivity (Wildman–Crippen MR) is 104 cm³/mol. The molecule has 4 rings (SSSR count). The van der Waals surface area contributed by atoms with Crippen LogP contribution in [0, 0.1) is 18.8 Å². The van der Waals surface area contributed by atoms with E-state index in [2.05, 4.69) is 10.6 Å². The highest BCUT2D eigenvalue weighted by atomic mass is 32.2. The van der Waals surface area contributed by atoms with Crippen molar-refractivity contribution in [1.29, 1.82) is 0 Å². The van der Waals surface area contributed by atoms with Crippen LogP contribution in [-0.4, -0.2) is 43.9 Å². The molecule has 2 amide bonds. The molecule has 0 bridgehead atoms. The van der Waals surface area contributed by atoms with Crippen molar-refractivity contribution in [1.82, 2.24) is 14.9 Å². The molecule has 0 atom stereocenters. The van der Waals surface area contributed by atoms with Crippen molar-refractivity contribution in [3.05, 3.63) is 29.8 Å². The molecular formula is C20H29N3O3S. The van der Waals surface area contributed by atoms with Crippen molar-refractivity contribution in [3.63, 3.8) is 0 Å². The summed E-state index contributed by atoms with van der Waals surface area (Å²) in [7, 11) is -3.45.